The molecule has 1 rings (SSSR count). The number of hydrogen-bond donors (Lipinski definition) is 1. The summed E-state index contributed by atoms with van der Waals surface area (Å²) in [4.78, 5) is 13.6. The van der Waals surface area contributed by atoms with Crippen LogP contribution in [0.2, 0.25) is 0 Å². The number of terminal acetylenes is 1. The van der Waals surface area contributed by atoms with E-state index in [1.807, 2.05) is 6.92 Å². The number of nitrogens with zero attached hydrogens (tertiary/aromatic N) is 1. The van der Waals surface area contributed by atoms with Gasteiger partial charge < -0.3 is 10.0 Å². The van der Waals surface area contributed by atoms with E-state index in [2.05, 4.69) is 10.8 Å². The molecule has 0 aromatic carbocycles. The third-order valence-corrected chi connectivity index (χ3v) is 3.58. The Labute approximate surface area is 97.8 Å². The van der Waals surface area contributed by atoms with Crippen molar-refractivity contribution < 1.29 is 9.90 Å². The highest BCUT2D eigenvalue weighted by Gasteiger charge is 2.40. The third kappa shape index (κ3) is 2.99. The zero-order valence-electron chi connectivity index (χ0n) is 10.0. The van der Waals surface area contributed by atoms with Crippen LogP contribution in [0.5, 0.6) is 0 Å². The zero-order chi connectivity index (χ0) is 12.0. The first-order chi connectivity index (χ1) is 7.64. The maximum absolute atomic E-state index is 11.3. The van der Waals surface area contributed by atoms with Gasteiger partial charge in [0.25, 0.3) is 0 Å². The Hall–Kier alpha value is -1.01. The van der Waals surface area contributed by atoms with Gasteiger partial charge in [-0.25, -0.2) is 0 Å². The number of likely N-dealkylation sites (tertiary alicyclic amines) is 1. The van der Waals surface area contributed by atoms with Crippen LogP contribution in [0.1, 0.15) is 39.0 Å². The summed E-state index contributed by atoms with van der Waals surface area (Å²) in [5.74, 6) is 1.98. The van der Waals surface area contributed by atoms with E-state index in [1.54, 1.807) is 0 Å². The fourth-order valence-corrected chi connectivity index (χ4v) is 2.44. The quantitative estimate of drug-likeness (QED) is 0.572. The van der Waals surface area contributed by atoms with Gasteiger partial charge in [-0.15, -0.1) is 12.3 Å². The topological polar surface area (TPSA) is 40.5 Å². The van der Waals surface area contributed by atoms with Gasteiger partial charge in [0.1, 0.15) is 0 Å². The van der Waals surface area contributed by atoms with Gasteiger partial charge in [0.15, 0.2) is 0 Å². The SMILES string of the molecule is C#CCCCN1CCCC(CC)(C(=O)O)C1. The molecule has 1 N–H and O–H groups in total. The van der Waals surface area contributed by atoms with Gasteiger partial charge in [-0.1, -0.05) is 6.92 Å². The molecular weight excluding hydrogens is 202 g/mol. The molecule has 1 unspecified atom stereocenters. The summed E-state index contributed by atoms with van der Waals surface area (Å²) >= 11 is 0. The summed E-state index contributed by atoms with van der Waals surface area (Å²) in [5.41, 5.74) is -0.519. The van der Waals surface area contributed by atoms with Crippen molar-refractivity contribution in [3.8, 4) is 12.3 Å². The Morgan fingerprint density at radius 3 is 2.94 bits per heavy atom. The van der Waals surface area contributed by atoms with E-state index in [-0.39, 0.29) is 0 Å². The Bertz CT molecular complexity index is 282. The fraction of sp³-hybridized carbons (Fsp3) is 0.769. The number of piperidine rings is 1. The second-order valence-corrected chi connectivity index (χ2v) is 4.63. The lowest BCUT2D eigenvalue weighted by Gasteiger charge is -2.39. The summed E-state index contributed by atoms with van der Waals surface area (Å²) in [6, 6.07) is 0. The molecular formula is C13H21NO2. The van der Waals surface area contributed by atoms with Gasteiger partial charge >= 0.3 is 5.97 Å². The minimum absolute atomic E-state index is 0.519. The van der Waals surface area contributed by atoms with Crippen LogP contribution in [0.25, 0.3) is 0 Å². The maximum Gasteiger partial charge on any atom is 0.310 e. The van der Waals surface area contributed by atoms with Gasteiger partial charge in [-0.3, -0.25) is 4.79 Å². The lowest BCUT2D eigenvalue weighted by molar-refractivity contribution is -0.152. The molecule has 3 nitrogen and oxygen atoms in total. The summed E-state index contributed by atoms with van der Waals surface area (Å²) in [6.45, 7) is 4.60. The van der Waals surface area contributed by atoms with Crippen LogP contribution in [0.15, 0.2) is 0 Å². The van der Waals surface area contributed by atoms with Crippen LogP contribution < -0.4 is 0 Å². The molecule has 0 radical (unpaired) electrons. The number of carboxylic acids is 1. The summed E-state index contributed by atoms with van der Waals surface area (Å²) in [5, 5.41) is 9.32. The molecule has 0 aromatic rings. The van der Waals surface area contributed by atoms with Crippen molar-refractivity contribution >= 4 is 5.97 Å². The molecule has 1 aliphatic heterocycles. The number of rotatable bonds is 5. The van der Waals surface area contributed by atoms with Crippen molar-refractivity contribution in [2.24, 2.45) is 5.41 Å². The Kier molecular flexibility index (Phi) is 4.82. The first-order valence-corrected chi connectivity index (χ1v) is 6.04. The van der Waals surface area contributed by atoms with E-state index in [1.165, 1.54) is 0 Å². The molecule has 0 aromatic heterocycles. The molecule has 1 heterocycles. The van der Waals surface area contributed by atoms with E-state index in [4.69, 9.17) is 6.42 Å². The standard InChI is InChI=1S/C13H21NO2/c1-3-5-6-9-14-10-7-8-13(4-2,11-14)12(15)16/h1H,4-11H2,2H3,(H,15,16). The third-order valence-electron chi connectivity index (χ3n) is 3.58. The number of carbonyl (C=O) groups is 1. The molecule has 16 heavy (non-hydrogen) atoms. The second-order valence-electron chi connectivity index (χ2n) is 4.63. The second kappa shape index (κ2) is 5.91. The van der Waals surface area contributed by atoms with E-state index in [0.717, 1.165) is 38.8 Å². The monoisotopic (exact) mass is 223 g/mol. The largest absolute Gasteiger partial charge is 0.481 e. The van der Waals surface area contributed by atoms with Crippen LogP contribution in [-0.4, -0.2) is 35.6 Å². The van der Waals surface area contributed by atoms with Crippen LogP contribution in [0.3, 0.4) is 0 Å². The molecule has 3 heteroatoms. The highest BCUT2D eigenvalue weighted by molar-refractivity contribution is 5.75. The Morgan fingerprint density at radius 1 is 1.62 bits per heavy atom. The Morgan fingerprint density at radius 2 is 2.38 bits per heavy atom. The lowest BCUT2D eigenvalue weighted by Crippen LogP contribution is -2.47. The van der Waals surface area contributed by atoms with Crippen LogP contribution in [0.4, 0.5) is 0 Å². The van der Waals surface area contributed by atoms with Crippen molar-refractivity contribution in [1.29, 1.82) is 0 Å². The minimum Gasteiger partial charge on any atom is -0.481 e. The molecule has 0 amide bonds. The van der Waals surface area contributed by atoms with Crippen LogP contribution >= 0.6 is 0 Å². The average molecular weight is 223 g/mol. The van der Waals surface area contributed by atoms with Gasteiger partial charge in [-0.2, -0.15) is 0 Å². The number of unbranched alkanes of at least 4 members (excludes halogenated alkanes) is 1. The minimum atomic E-state index is -0.642. The van der Waals surface area contributed by atoms with Gasteiger partial charge in [0.05, 0.1) is 5.41 Å². The van der Waals surface area contributed by atoms with E-state index in [0.29, 0.717) is 13.0 Å². The molecule has 1 saturated heterocycles. The number of hydrogen-bond acceptors (Lipinski definition) is 2. The number of aliphatic carboxylic acids is 1. The molecule has 1 atom stereocenters. The summed E-state index contributed by atoms with van der Waals surface area (Å²) in [6.07, 6.45) is 9.47. The zero-order valence-corrected chi connectivity index (χ0v) is 10.0. The van der Waals surface area contributed by atoms with Crippen molar-refractivity contribution in [3.05, 3.63) is 0 Å². The molecule has 0 spiro atoms. The Balaban J connectivity index is 2.52. The normalized spacial score (nSPS) is 26.2. The summed E-state index contributed by atoms with van der Waals surface area (Å²) in [7, 11) is 0. The first kappa shape index (κ1) is 13.1. The van der Waals surface area contributed by atoms with Gasteiger partial charge in [0.2, 0.25) is 0 Å². The van der Waals surface area contributed by atoms with Crippen molar-refractivity contribution in [2.45, 2.75) is 39.0 Å². The smallest absolute Gasteiger partial charge is 0.310 e. The lowest BCUT2D eigenvalue weighted by atomic mass is 9.77. The molecule has 1 aliphatic rings. The molecule has 1 fully saturated rings. The van der Waals surface area contributed by atoms with Crippen LogP contribution in [-0.2, 0) is 4.79 Å². The maximum atomic E-state index is 11.3. The van der Waals surface area contributed by atoms with Gasteiger partial charge in [-0.05, 0) is 38.8 Å². The highest BCUT2D eigenvalue weighted by atomic mass is 16.4. The average Bonchev–Trinajstić information content (AvgIpc) is 2.29. The molecule has 0 aliphatic carbocycles. The predicted octanol–water partition coefficient (Wildman–Crippen LogP) is 1.98. The fourth-order valence-electron chi connectivity index (χ4n) is 2.44. The van der Waals surface area contributed by atoms with E-state index >= 15 is 0 Å². The molecule has 0 saturated carbocycles. The first-order valence-electron chi connectivity index (χ1n) is 6.04. The summed E-state index contributed by atoms with van der Waals surface area (Å²) < 4.78 is 0. The van der Waals surface area contributed by atoms with E-state index < -0.39 is 11.4 Å². The van der Waals surface area contributed by atoms with Crippen molar-refractivity contribution in [3.63, 3.8) is 0 Å². The molecule has 0 bridgehead atoms. The van der Waals surface area contributed by atoms with Crippen LogP contribution in [0, 0.1) is 17.8 Å². The van der Waals surface area contributed by atoms with Gasteiger partial charge in [0, 0.05) is 13.0 Å². The van der Waals surface area contributed by atoms with Crippen molar-refractivity contribution in [2.75, 3.05) is 19.6 Å². The van der Waals surface area contributed by atoms with Crippen molar-refractivity contribution in [1.82, 2.24) is 4.90 Å². The van der Waals surface area contributed by atoms with E-state index in [9.17, 15) is 9.90 Å². The molecule has 90 valence electrons. The highest BCUT2D eigenvalue weighted by Crippen LogP contribution is 2.33. The number of carboxylic acid groups (broad SMARTS) is 1. The predicted molar refractivity (Wildman–Crippen MR) is 64.1 cm³/mol.